The summed E-state index contributed by atoms with van der Waals surface area (Å²) in [5.74, 6) is 0. The molecule has 1 rings (SSSR count). The summed E-state index contributed by atoms with van der Waals surface area (Å²) in [6.45, 7) is 9.63. The molecule has 0 bridgehead atoms. The van der Waals surface area contributed by atoms with E-state index in [1.807, 2.05) is 0 Å². The topological polar surface area (TPSA) is 21.1 Å². The van der Waals surface area contributed by atoms with Gasteiger partial charge in [0.2, 0.25) is 0 Å². The summed E-state index contributed by atoms with van der Waals surface area (Å²) < 4.78 is 3.33. The molecule has 0 radical (unpaired) electrons. The molecule has 1 heterocycles. The highest BCUT2D eigenvalue weighted by Gasteiger charge is 2.15. The Hall–Kier alpha value is -0.350. The largest absolute Gasteiger partial charge is 0.301 e. The third-order valence-corrected chi connectivity index (χ3v) is 4.17. The van der Waals surface area contributed by atoms with Crippen LogP contribution in [0.15, 0.2) is 4.47 Å². The van der Waals surface area contributed by atoms with E-state index < -0.39 is 0 Å². The average Bonchev–Trinajstić information content (AvgIpc) is 2.66. The smallest absolute Gasteiger partial charge is 0.0767 e. The maximum atomic E-state index is 4.64. The van der Waals surface area contributed by atoms with Gasteiger partial charge in [0.1, 0.15) is 0 Å². The molecular weight excluding hydrogens is 290 g/mol. The normalized spacial score (nSPS) is 11.4. The van der Waals surface area contributed by atoms with E-state index in [0.717, 1.165) is 26.1 Å². The average molecular weight is 316 g/mol. The lowest BCUT2D eigenvalue weighted by Crippen LogP contribution is -2.21. The standard InChI is InChI=1S/C14H26BrN3/c1-5-8-9-10-17(4)11-13-14(15)12(6-2)16-18(13)7-3/h5-11H2,1-4H3. The van der Waals surface area contributed by atoms with Crippen LogP contribution in [-0.4, -0.2) is 28.3 Å². The van der Waals surface area contributed by atoms with Crippen molar-refractivity contribution in [2.75, 3.05) is 13.6 Å². The predicted molar refractivity (Wildman–Crippen MR) is 80.8 cm³/mol. The van der Waals surface area contributed by atoms with Crippen LogP contribution in [0.25, 0.3) is 0 Å². The Balaban J connectivity index is 2.67. The fraction of sp³-hybridized carbons (Fsp3) is 0.786. The molecule has 1 aromatic heterocycles. The van der Waals surface area contributed by atoms with Gasteiger partial charge in [-0.15, -0.1) is 0 Å². The van der Waals surface area contributed by atoms with E-state index in [1.54, 1.807) is 0 Å². The van der Waals surface area contributed by atoms with E-state index in [-0.39, 0.29) is 0 Å². The third-order valence-electron chi connectivity index (χ3n) is 3.26. The van der Waals surface area contributed by atoms with Crippen molar-refractivity contribution in [3.63, 3.8) is 0 Å². The van der Waals surface area contributed by atoms with Gasteiger partial charge < -0.3 is 4.90 Å². The number of aromatic nitrogens is 2. The van der Waals surface area contributed by atoms with Gasteiger partial charge in [0, 0.05) is 13.1 Å². The first-order valence-corrected chi connectivity index (χ1v) is 7.85. The molecule has 104 valence electrons. The summed E-state index contributed by atoms with van der Waals surface area (Å²) in [5.41, 5.74) is 2.49. The van der Waals surface area contributed by atoms with Crippen molar-refractivity contribution in [2.45, 2.75) is 59.5 Å². The minimum Gasteiger partial charge on any atom is -0.301 e. The summed E-state index contributed by atoms with van der Waals surface area (Å²) in [7, 11) is 2.20. The maximum absolute atomic E-state index is 4.64. The minimum atomic E-state index is 0.941. The highest BCUT2D eigenvalue weighted by atomic mass is 79.9. The molecule has 0 saturated carbocycles. The Morgan fingerprint density at radius 1 is 1.22 bits per heavy atom. The fourth-order valence-corrected chi connectivity index (χ4v) is 2.82. The Morgan fingerprint density at radius 3 is 2.50 bits per heavy atom. The SMILES string of the molecule is CCCCCN(C)Cc1c(Br)c(CC)nn1CC. The van der Waals surface area contributed by atoms with Crippen LogP contribution in [0.3, 0.4) is 0 Å². The van der Waals surface area contributed by atoms with Gasteiger partial charge >= 0.3 is 0 Å². The number of hydrogen-bond donors (Lipinski definition) is 0. The Labute approximate surface area is 120 Å². The summed E-state index contributed by atoms with van der Waals surface area (Å²) in [4.78, 5) is 2.39. The molecule has 3 nitrogen and oxygen atoms in total. The molecule has 0 amide bonds. The molecule has 4 heteroatoms. The molecule has 0 aliphatic rings. The van der Waals surface area contributed by atoms with Gasteiger partial charge in [0.05, 0.1) is 15.9 Å². The zero-order valence-corrected chi connectivity index (χ0v) is 13.8. The van der Waals surface area contributed by atoms with E-state index in [4.69, 9.17) is 0 Å². The zero-order valence-electron chi connectivity index (χ0n) is 12.2. The Morgan fingerprint density at radius 2 is 1.94 bits per heavy atom. The second-order valence-corrected chi connectivity index (χ2v) is 5.61. The van der Waals surface area contributed by atoms with E-state index in [2.05, 4.69) is 58.4 Å². The molecule has 0 N–H and O–H groups in total. The van der Waals surface area contributed by atoms with Gasteiger partial charge in [0.15, 0.2) is 0 Å². The van der Waals surface area contributed by atoms with Crippen LogP contribution >= 0.6 is 15.9 Å². The summed E-state index contributed by atoms with van der Waals surface area (Å²) in [6.07, 6.45) is 4.87. The van der Waals surface area contributed by atoms with Crippen LogP contribution in [0.2, 0.25) is 0 Å². The van der Waals surface area contributed by atoms with E-state index in [1.165, 1.54) is 35.1 Å². The van der Waals surface area contributed by atoms with Crippen molar-refractivity contribution in [2.24, 2.45) is 0 Å². The lowest BCUT2D eigenvalue weighted by atomic mass is 10.2. The first kappa shape index (κ1) is 15.7. The van der Waals surface area contributed by atoms with E-state index >= 15 is 0 Å². The lowest BCUT2D eigenvalue weighted by Gasteiger charge is -2.17. The Bertz CT molecular complexity index is 360. The molecule has 0 aromatic carbocycles. The van der Waals surface area contributed by atoms with Crippen LogP contribution in [0.4, 0.5) is 0 Å². The minimum absolute atomic E-state index is 0.941. The van der Waals surface area contributed by atoms with Crippen molar-refractivity contribution in [1.82, 2.24) is 14.7 Å². The molecule has 0 unspecified atom stereocenters. The van der Waals surface area contributed by atoms with Crippen LogP contribution < -0.4 is 0 Å². The van der Waals surface area contributed by atoms with E-state index in [9.17, 15) is 0 Å². The molecule has 0 aliphatic carbocycles. The number of halogens is 1. The first-order valence-electron chi connectivity index (χ1n) is 7.06. The van der Waals surface area contributed by atoms with E-state index in [0.29, 0.717) is 0 Å². The lowest BCUT2D eigenvalue weighted by molar-refractivity contribution is 0.306. The molecule has 0 fully saturated rings. The monoisotopic (exact) mass is 315 g/mol. The molecule has 18 heavy (non-hydrogen) atoms. The molecular formula is C14H26BrN3. The summed E-state index contributed by atoms with van der Waals surface area (Å²) in [6, 6.07) is 0. The van der Waals surface area contributed by atoms with Gasteiger partial charge in [0.25, 0.3) is 0 Å². The van der Waals surface area contributed by atoms with Gasteiger partial charge in [-0.05, 0) is 49.3 Å². The molecule has 0 spiro atoms. The quantitative estimate of drug-likeness (QED) is 0.679. The maximum Gasteiger partial charge on any atom is 0.0767 e. The highest BCUT2D eigenvalue weighted by molar-refractivity contribution is 9.10. The number of unbranched alkanes of at least 4 members (excludes halogenated alkanes) is 2. The number of hydrogen-bond acceptors (Lipinski definition) is 2. The zero-order chi connectivity index (χ0) is 13.5. The third kappa shape index (κ3) is 4.09. The van der Waals surface area contributed by atoms with Gasteiger partial charge in [-0.3, -0.25) is 4.68 Å². The second-order valence-electron chi connectivity index (χ2n) is 4.82. The van der Waals surface area contributed by atoms with Crippen molar-refractivity contribution in [3.05, 3.63) is 15.9 Å². The number of aryl methyl sites for hydroxylation is 2. The van der Waals surface area contributed by atoms with Crippen LogP contribution in [0.5, 0.6) is 0 Å². The van der Waals surface area contributed by atoms with Crippen LogP contribution in [0, 0.1) is 0 Å². The van der Waals surface area contributed by atoms with Gasteiger partial charge in [-0.2, -0.15) is 5.10 Å². The molecule has 1 aromatic rings. The predicted octanol–water partition coefficient (Wildman–Crippen LogP) is 3.85. The first-order chi connectivity index (χ1) is 8.63. The summed E-state index contributed by atoms with van der Waals surface area (Å²) >= 11 is 3.70. The van der Waals surface area contributed by atoms with Gasteiger partial charge in [-0.1, -0.05) is 26.7 Å². The second kappa shape index (κ2) is 7.95. The molecule has 0 aliphatic heterocycles. The molecule has 0 atom stereocenters. The van der Waals surface area contributed by atoms with Gasteiger partial charge in [-0.25, -0.2) is 0 Å². The van der Waals surface area contributed by atoms with Crippen molar-refractivity contribution in [3.8, 4) is 0 Å². The number of nitrogens with zero attached hydrogens (tertiary/aromatic N) is 3. The molecule has 0 saturated heterocycles. The highest BCUT2D eigenvalue weighted by Crippen LogP contribution is 2.23. The van der Waals surface area contributed by atoms with Crippen molar-refractivity contribution >= 4 is 15.9 Å². The summed E-state index contributed by atoms with van der Waals surface area (Å²) in [5, 5.41) is 4.64. The van der Waals surface area contributed by atoms with Crippen molar-refractivity contribution < 1.29 is 0 Å². The van der Waals surface area contributed by atoms with Crippen LogP contribution in [0.1, 0.15) is 51.4 Å². The van der Waals surface area contributed by atoms with Crippen molar-refractivity contribution in [1.29, 1.82) is 0 Å². The van der Waals surface area contributed by atoms with Crippen LogP contribution in [-0.2, 0) is 19.5 Å². The fourth-order valence-electron chi connectivity index (χ4n) is 2.13. The number of rotatable bonds is 8. The Kier molecular flexibility index (Phi) is 6.94.